The van der Waals surface area contributed by atoms with Crippen LogP contribution in [-0.4, -0.2) is 25.7 Å². The molecule has 5 nitrogen and oxygen atoms in total. The number of nitrogens with zero attached hydrogens (tertiary/aromatic N) is 1. The molecule has 0 saturated heterocycles. The summed E-state index contributed by atoms with van der Waals surface area (Å²) >= 11 is 0. The van der Waals surface area contributed by atoms with Gasteiger partial charge in [0.15, 0.2) is 0 Å². The van der Waals surface area contributed by atoms with Crippen molar-refractivity contribution in [2.75, 3.05) is 12.4 Å². The molecule has 1 amide bonds. The van der Waals surface area contributed by atoms with E-state index in [1.54, 1.807) is 7.05 Å². The molecular formula is C23H24N2O3S. The first-order chi connectivity index (χ1) is 13.8. The first kappa shape index (κ1) is 20.8. The van der Waals surface area contributed by atoms with Crippen molar-refractivity contribution in [3.8, 4) is 0 Å². The summed E-state index contributed by atoms with van der Waals surface area (Å²) < 4.78 is 26.9. The Kier molecular flexibility index (Phi) is 6.15. The van der Waals surface area contributed by atoms with Crippen LogP contribution >= 0.6 is 0 Å². The number of benzene rings is 3. The van der Waals surface area contributed by atoms with Gasteiger partial charge in [0.25, 0.3) is 5.91 Å². The van der Waals surface area contributed by atoms with Crippen LogP contribution in [0.1, 0.15) is 27.0 Å². The maximum atomic E-state index is 12.8. The minimum absolute atomic E-state index is 0.152. The lowest BCUT2D eigenvalue weighted by atomic mass is 10.1. The predicted octanol–water partition coefficient (Wildman–Crippen LogP) is 4.38. The lowest BCUT2D eigenvalue weighted by Crippen LogP contribution is -2.26. The fourth-order valence-electron chi connectivity index (χ4n) is 3.03. The van der Waals surface area contributed by atoms with Gasteiger partial charge in [-0.15, -0.1) is 0 Å². The van der Waals surface area contributed by atoms with Gasteiger partial charge in [-0.25, -0.2) is 8.42 Å². The average Bonchev–Trinajstić information content (AvgIpc) is 2.71. The fraction of sp³-hybridized carbons (Fsp3) is 0.174. The van der Waals surface area contributed by atoms with Crippen molar-refractivity contribution in [3.63, 3.8) is 0 Å². The summed E-state index contributed by atoms with van der Waals surface area (Å²) in [4.78, 5) is 12.7. The van der Waals surface area contributed by atoms with Crippen LogP contribution in [0.4, 0.5) is 5.69 Å². The number of amides is 1. The van der Waals surface area contributed by atoms with Crippen molar-refractivity contribution in [1.82, 2.24) is 4.31 Å². The maximum absolute atomic E-state index is 12.8. The van der Waals surface area contributed by atoms with Gasteiger partial charge in [-0.2, -0.15) is 4.31 Å². The van der Waals surface area contributed by atoms with E-state index in [1.807, 2.05) is 62.4 Å². The second-order valence-corrected chi connectivity index (χ2v) is 9.09. The molecule has 0 aliphatic rings. The number of sulfonamides is 1. The van der Waals surface area contributed by atoms with E-state index in [9.17, 15) is 13.2 Å². The zero-order valence-corrected chi connectivity index (χ0v) is 17.5. The quantitative estimate of drug-likeness (QED) is 0.658. The molecule has 0 aliphatic heterocycles. The number of nitrogens with one attached hydrogen (secondary N) is 1. The van der Waals surface area contributed by atoms with Crippen LogP contribution in [0.25, 0.3) is 0 Å². The van der Waals surface area contributed by atoms with Crippen LogP contribution in [0.5, 0.6) is 0 Å². The van der Waals surface area contributed by atoms with Gasteiger partial charge in [-0.05, 0) is 55.3 Å². The minimum atomic E-state index is -3.65. The van der Waals surface area contributed by atoms with E-state index >= 15 is 0 Å². The van der Waals surface area contributed by atoms with Gasteiger partial charge in [0.1, 0.15) is 0 Å². The molecule has 3 aromatic carbocycles. The van der Waals surface area contributed by atoms with Gasteiger partial charge in [0.2, 0.25) is 10.0 Å². The van der Waals surface area contributed by atoms with Gasteiger partial charge in [0.05, 0.1) is 4.90 Å². The number of rotatable bonds is 6. The van der Waals surface area contributed by atoms with Crippen molar-refractivity contribution in [2.45, 2.75) is 25.3 Å². The van der Waals surface area contributed by atoms with Crippen LogP contribution in [0.15, 0.2) is 77.7 Å². The molecule has 0 bridgehead atoms. The standard InChI is InChI=1S/C23H24N2O3S/c1-17-9-14-22(18(2)15-17)24-23(26)20-10-12-21(13-11-20)29(27,28)25(3)16-19-7-5-4-6-8-19/h4-15H,16H2,1-3H3,(H,24,26). The topological polar surface area (TPSA) is 66.5 Å². The second kappa shape index (κ2) is 8.59. The second-order valence-electron chi connectivity index (χ2n) is 7.04. The molecule has 0 fully saturated rings. The largest absolute Gasteiger partial charge is 0.322 e. The lowest BCUT2D eigenvalue weighted by Gasteiger charge is -2.17. The number of hydrogen-bond acceptors (Lipinski definition) is 3. The monoisotopic (exact) mass is 408 g/mol. The molecule has 0 heterocycles. The van der Waals surface area contributed by atoms with Crippen LogP contribution in [0, 0.1) is 13.8 Å². The Morgan fingerprint density at radius 2 is 1.59 bits per heavy atom. The highest BCUT2D eigenvalue weighted by Gasteiger charge is 2.21. The summed E-state index contributed by atoms with van der Waals surface area (Å²) in [5.41, 5.74) is 4.13. The highest BCUT2D eigenvalue weighted by atomic mass is 32.2. The van der Waals surface area contributed by atoms with Crippen molar-refractivity contribution in [1.29, 1.82) is 0 Å². The SMILES string of the molecule is Cc1ccc(NC(=O)c2ccc(S(=O)(=O)N(C)Cc3ccccc3)cc2)c(C)c1. The molecule has 1 N–H and O–H groups in total. The van der Waals surface area contributed by atoms with Gasteiger partial charge in [-0.3, -0.25) is 4.79 Å². The summed E-state index contributed by atoms with van der Waals surface area (Å²) in [6, 6.07) is 21.2. The Hall–Kier alpha value is -2.96. The molecule has 6 heteroatoms. The third-order valence-corrected chi connectivity index (χ3v) is 6.52. The normalized spacial score (nSPS) is 11.4. The van der Waals surface area contributed by atoms with E-state index < -0.39 is 10.0 Å². The Bertz CT molecular complexity index is 1110. The van der Waals surface area contributed by atoms with E-state index in [2.05, 4.69) is 5.32 Å². The minimum Gasteiger partial charge on any atom is -0.322 e. The Morgan fingerprint density at radius 3 is 2.21 bits per heavy atom. The third kappa shape index (κ3) is 4.91. The van der Waals surface area contributed by atoms with E-state index in [-0.39, 0.29) is 17.3 Å². The first-order valence-electron chi connectivity index (χ1n) is 9.26. The summed E-state index contributed by atoms with van der Waals surface area (Å²) in [6.45, 7) is 4.20. The third-order valence-electron chi connectivity index (χ3n) is 4.70. The van der Waals surface area contributed by atoms with Gasteiger partial charge >= 0.3 is 0 Å². The highest BCUT2D eigenvalue weighted by molar-refractivity contribution is 7.89. The first-order valence-corrected chi connectivity index (χ1v) is 10.7. The van der Waals surface area contributed by atoms with Crippen LogP contribution in [-0.2, 0) is 16.6 Å². The molecule has 150 valence electrons. The molecule has 0 spiro atoms. The Labute approximate surface area is 172 Å². The van der Waals surface area contributed by atoms with E-state index in [4.69, 9.17) is 0 Å². The molecule has 0 aliphatic carbocycles. The lowest BCUT2D eigenvalue weighted by molar-refractivity contribution is 0.102. The highest BCUT2D eigenvalue weighted by Crippen LogP contribution is 2.20. The van der Waals surface area contributed by atoms with Gasteiger partial charge < -0.3 is 5.32 Å². The van der Waals surface area contributed by atoms with Crippen molar-refractivity contribution >= 4 is 21.6 Å². The van der Waals surface area contributed by atoms with Crippen molar-refractivity contribution in [2.24, 2.45) is 0 Å². The average molecular weight is 409 g/mol. The number of hydrogen-bond donors (Lipinski definition) is 1. The van der Waals surface area contributed by atoms with Crippen molar-refractivity contribution < 1.29 is 13.2 Å². The predicted molar refractivity (Wildman–Crippen MR) is 115 cm³/mol. The Morgan fingerprint density at radius 1 is 0.931 bits per heavy atom. The van der Waals surface area contributed by atoms with Crippen LogP contribution in [0.3, 0.4) is 0 Å². The molecule has 29 heavy (non-hydrogen) atoms. The molecule has 0 unspecified atom stereocenters. The van der Waals surface area contributed by atoms with Crippen LogP contribution in [0.2, 0.25) is 0 Å². The number of anilines is 1. The number of carbonyl (C=O) groups is 1. The summed E-state index contributed by atoms with van der Waals surface area (Å²) in [5.74, 6) is -0.279. The summed E-state index contributed by atoms with van der Waals surface area (Å²) in [6.07, 6.45) is 0. The molecule has 0 atom stereocenters. The zero-order chi connectivity index (χ0) is 21.0. The van der Waals surface area contributed by atoms with E-state index in [0.29, 0.717) is 5.56 Å². The summed E-state index contributed by atoms with van der Waals surface area (Å²) in [7, 11) is -2.10. The van der Waals surface area contributed by atoms with E-state index in [1.165, 1.54) is 28.6 Å². The zero-order valence-electron chi connectivity index (χ0n) is 16.7. The Balaban J connectivity index is 1.73. The molecule has 0 aromatic heterocycles. The maximum Gasteiger partial charge on any atom is 0.255 e. The smallest absolute Gasteiger partial charge is 0.255 e. The number of carbonyl (C=O) groups excluding carboxylic acids is 1. The van der Waals surface area contributed by atoms with Crippen molar-refractivity contribution in [3.05, 3.63) is 95.1 Å². The van der Waals surface area contributed by atoms with Crippen LogP contribution < -0.4 is 5.32 Å². The fourth-order valence-corrected chi connectivity index (χ4v) is 4.19. The molecular weight excluding hydrogens is 384 g/mol. The molecule has 3 rings (SSSR count). The van der Waals surface area contributed by atoms with Gasteiger partial charge in [-0.1, -0.05) is 48.0 Å². The summed E-state index contributed by atoms with van der Waals surface area (Å²) in [5, 5.41) is 2.87. The van der Waals surface area contributed by atoms with E-state index in [0.717, 1.165) is 22.4 Å². The molecule has 0 saturated carbocycles. The number of aryl methyl sites for hydroxylation is 2. The van der Waals surface area contributed by atoms with Gasteiger partial charge in [0, 0.05) is 24.8 Å². The molecule has 0 radical (unpaired) electrons. The molecule has 3 aromatic rings.